The second-order valence-electron chi connectivity index (χ2n) is 8.69. The van der Waals surface area contributed by atoms with Crippen molar-refractivity contribution in [1.29, 1.82) is 0 Å². The van der Waals surface area contributed by atoms with Crippen molar-refractivity contribution in [3.8, 4) is 5.75 Å². The SMILES string of the molecule is CCC(C(=O)NC)N(Cc1cccc(OC)c1)C(=O)CN(c1ccccc1Cl)S(=O)(=O)c1ccc(C)cc1. The molecule has 1 N–H and O–H groups in total. The van der Waals surface area contributed by atoms with E-state index < -0.39 is 28.5 Å². The number of likely N-dealkylation sites (N-methyl/N-ethyl adjacent to an activating group) is 1. The molecule has 0 fully saturated rings. The van der Waals surface area contributed by atoms with E-state index >= 15 is 0 Å². The van der Waals surface area contributed by atoms with Crippen molar-refractivity contribution in [2.24, 2.45) is 0 Å². The van der Waals surface area contributed by atoms with Crippen LogP contribution in [0.1, 0.15) is 24.5 Å². The number of benzene rings is 3. The Kier molecular flexibility index (Phi) is 9.77. The molecule has 0 aromatic heterocycles. The highest BCUT2D eigenvalue weighted by atomic mass is 35.5. The average molecular weight is 558 g/mol. The Labute approximate surface area is 229 Å². The molecule has 202 valence electrons. The smallest absolute Gasteiger partial charge is 0.264 e. The van der Waals surface area contributed by atoms with E-state index in [1.54, 1.807) is 68.6 Å². The number of methoxy groups -OCH3 is 1. The number of carbonyl (C=O) groups is 2. The number of aryl methyl sites for hydroxylation is 1. The number of halogens is 1. The minimum Gasteiger partial charge on any atom is -0.497 e. The zero-order valence-corrected chi connectivity index (χ0v) is 23.4. The molecule has 8 nitrogen and oxygen atoms in total. The molecule has 0 aliphatic carbocycles. The van der Waals surface area contributed by atoms with Crippen LogP contribution >= 0.6 is 11.6 Å². The van der Waals surface area contributed by atoms with E-state index in [1.807, 2.05) is 13.0 Å². The van der Waals surface area contributed by atoms with Gasteiger partial charge in [-0.3, -0.25) is 13.9 Å². The van der Waals surface area contributed by atoms with Crippen LogP contribution in [0.4, 0.5) is 5.69 Å². The fourth-order valence-electron chi connectivity index (χ4n) is 4.06. The third-order valence-electron chi connectivity index (χ3n) is 6.13. The molecule has 0 aliphatic rings. The summed E-state index contributed by atoms with van der Waals surface area (Å²) in [6.45, 7) is 3.16. The highest BCUT2D eigenvalue weighted by molar-refractivity contribution is 7.92. The lowest BCUT2D eigenvalue weighted by atomic mass is 10.1. The van der Waals surface area contributed by atoms with E-state index in [2.05, 4.69) is 5.32 Å². The van der Waals surface area contributed by atoms with Gasteiger partial charge in [0.1, 0.15) is 18.3 Å². The molecular formula is C28H32ClN3O5S. The van der Waals surface area contributed by atoms with Crippen LogP contribution in [0.2, 0.25) is 5.02 Å². The van der Waals surface area contributed by atoms with Crippen LogP contribution in [0, 0.1) is 6.92 Å². The van der Waals surface area contributed by atoms with Crippen molar-refractivity contribution >= 4 is 39.1 Å². The van der Waals surface area contributed by atoms with Gasteiger partial charge < -0.3 is 15.0 Å². The third-order valence-corrected chi connectivity index (χ3v) is 8.22. The number of carbonyl (C=O) groups excluding carboxylic acids is 2. The number of hydrogen-bond donors (Lipinski definition) is 1. The van der Waals surface area contributed by atoms with Crippen molar-refractivity contribution in [3.63, 3.8) is 0 Å². The highest BCUT2D eigenvalue weighted by Crippen LogP contribution is 2.31. The van der Waals surface area contributed by atoms with Crippen molar-refractivity contribution in [2.75, 3.05) is 25.0 Å². The first-order valence-electron chi connectivity index (χ1n) is 12.1. The van der Waals surface area contributed by atoms with Crippen LogP contribution in [0.15, 0.2) is 77.7 Å². The van der Waals surface area contributed by atoms with E-state index in [4.69, 9.17) is 16.3 Å². The normalized spacial score (nSPS) is 11.9. The summed E-state index contributed by atoms with van der Waals surface area (Å²) in [6, 6.07) is 19.1. The van der Waals surface area contributed by atoms with Gasteiger partial charge in [0.05, 0.1) is 22.7 Å². The minimum atomic E-state index is -4.18. The first-order chi connectivity index (χ1) is 18.1. The zero-order valence-electron chi connectivity index (χ0n) is 21.8. The summed E-state index contributed by atoms with van der Waals surface area (Å²) >= 11 is 6.42. The van der Waals surface area contributed by atoms with Gasteiger partial charge in [-0.2, -0.15) is 0 Å². The predicted octanol–water partition coefficient (Wildman–Crippen LogP) is 4.41. The maximum atomic E-state index is 13.9. The minimum absolute atomic E-state index is 0.0218. The lowest BCUT2D eigenvalue weighted by Gasteiger charge is -2.33. The van der Waals surface area contributed by atoms with Crippen molar-refractivity contribution in [1.82, 2.24) is 10.2 Å². The number of nitrogens with one attached hydrogen (secondary N) is 1. The first kappa shape index (κ1) is 29.0. The molecule has 38 heavy (non-hydrogen) atoms. The molecule has 3 rings (SSSR count). The Morgan fingerprint density at radius 2 is 1.71 bits per heavy atom. The summed E-state index contributed by atoms with van der Waals surface area (Å²) < 4.78 is 34.0. The molecule has 3 aromatic rings. The van der Waals surface area contributed by atoms with E-state index in [1.165, 1.54) is 24.1 Å². The Morgan fingerprint density at radius 3 is 2.32 bits per heavy atom. The lowest BCUT2D eigenvalue weighted by molar-refractivity contribution is -0.140. The zero-order chi connectivity index (χ0) is 27.9. The lowest BCUT2D eigenvalue weighted by Crippen LogP contribution is -2.51. The van der Waals surface area contributed by atoms with Gasteiger partial charge in [-0.1, -0.05) is 60.5 Å². The quantitative estimate of drug-likeness (QED) is 0.377. The van der Waals surface area contributed by atoms with Crippen LogP contribution in [0.25, 0.3) is 0 Å². The standard InChI is InChI=1S/C28H32ClN3O5S/c1-5-25(28(34)30-3)31(18-21-9-8-10-22(17-21)37-4)27(33)19-32(26-12-7-6-11-24(26)29)38(35,36)23-15-13-20(2)14-16-23/h6-17,25H,5,18-19H2,1-4H3,(H,30,34). The van der Waals surface area contributed by atoms with Gasteiger partial charge in [-0.15, -0.1) is 0 Å². The van der Waals surface area contributed by atoms with E-state index in [-0.39, 0.29) is 28.1 Å². The summed E-state index contributed by atoms with van der Waals surface area (Å²) in [4.78, 5) is 28.1. The molecule has 0 saturated heterocycles. The molecule has 3 aromatic carbocycles. The third kappa shape index (κ3) is 6.65. The van der Waals surface area contributed by atoms with Crippen LogP contribution in [-0.4, -0.2) is 51.9 Å². The van der Waals surface area contributed by atoms with Crippen LogP contribution < -0.4 is 14.4 Å². The number of anilines is 1. The summed E-state index contributed by atoms with van der Waals surface area (Å²) in [5.41, 5.74) is 1.79. The molecule has 0 radical (unpaired) electrons. The molecule has 1 unspecified atom stereocenters. The number of amides is 2. The van der Waals surface area contributed by atoms with E-state index in [0.29, 0.717) is 12.2 Å². The number of hydrogen-bond acceptors (Lipinski definition) is 5. The average Bonchev–Trinajstić information content (AvgIpc) is 2.92. The van der Waals surface area contributed by atoms with Gasteiger partial charge in [0.15, 0.2) is 0 Å². The maximum Gasteiger partial charge on any atom is 0.264 e. The van der Waals surface area contributed by atoms with Gasteiger partial charge in [0.2, 0.25) is 11.8 Å². The number of para-hydroxylation sites is 1. The summed E-state index contributed by atoms with van der Waals surface area (Å²) in [5.74, 6) is -0.309. The number of sulfonamides is 1. The molecular weight excluding hydrogens is 526 g/mol. The fourth-order valence-corrected chi connectivity index (χ4v) is 5.78. The second kappa shape index (κ2) is 12.8. The molecule has 0 heterocycles. The predicted molar refractivity (Wildman–Crippen MR) is 149 cm³/mol. The fraction of sp³-hybridized carbons (Fsp3) is 0.286. The van der Waals surface area contributed by atoms with Crippen LogP contribution in [0.3, 0.4) is 0 Å². The van der Waals surface area contributed by atoms with Crippen LogP contribution in [0.5, 0.6) is 5.75 Å². The van der Waals surface area contributed by atoms with Crippen molar-refractivity contribution in [2.45, 2.75) is 37.8 Å². The van der Waals surface area contributed by atoms with Crippen molar-refractivity contribution < 1.29 is 22.7 Å². The maximum absolute atomic E-state index is 13.9. The molecule has 0 spiro atoms. The topological polar surface area (TPSA) is 96.0 Å². The Bertz CT molecular complexity index is 1380. The van der Waals surface area contributed by atoms with Gasteiger partial charge in [0.25, 0.3) is 10.0 Å². The molecule has 0 saturated carbocycles. The highest BCUT2D eigenvalue weighted by Gasteiger charge is 2.34. The number of nitrogens with zero attached hydrogens (tertiary/aromatic N) is 2. The molecule has 0 bridgehead atoms. The summed E-state index contributed by atoms with van der Waals surface area (Å²) in [7, 11) is -1.15. The molecule has 0 aliphatic heterocycles. The van der Waals surface area contributed by atoms with E-state index in [9.17, 15) is 18.0 Å². The first-order valence-corrected chi connectivity index (χ1v) is 13.9. The van der Waals surface area contributed by atoms with Gasteiger partial charge in [-0.05, 0) is 55.3 Å². The number of ether oxygens (including phenoxy) is 1. The van der Waals surface area contributed by atoms with Gasteiger partial charge in [-0.25, -0.2) is 8.42 Å². The Morgan fingerprint density at radius 1 is 1.03 bits per heavy atom. The molecule has 2 amide bonds. The molecule has 1 atom stereocenters. The van der Waals surface area contributed by atoms with Gasteiger partial charge >= 0.3 is 0 Å². The van der Waals surface area contributed by atoms with E-state index in [0.717, 1.165) is 15.4 Å². The Balaban J connectivity index is 2.07. The Hall–Kier alpha value is -3.56. The van der Waals surface area contributed by atoms with Gasteiger partial charge in [0, 0.05) is 13.6 Å². The number of rotatable bonds is 11. The van der Waals surface area contributed by atoms with Crippen molar-refractivity contribution in [3.05, 3.63) is 88.9 Å². The summed E-state index contributed by atoms with van der Waals surface area (Å²) in [6.07, 6.45) is 0.326. The van der Waals surface area contributed by atoms with Crippen LogP contribution in [-0.2, 0) is 26.2 Å². The molecule has 10 heteroatoms. The monoisotopic (exact) mass is 557 g/mol. The second-order valence-corrected chi connectivity index (χ2v) is 11.0. The largest absolute Gasteiger partial charge is 0.497 e. The summed E-state index contributed by atoms with van der Waals surface area (Å²) in [5, 5.41) is 2.78.